The molecule has 0 fully saturated rings. The second-order valence-corrected chi connectivity index (χ2v) is 9.13. The largest absolute Gasteiger partial charge is 0.456 e. The number of ketones is 1. The maximum Gasteiger partial charge on any atom is 0.196 e. The lowest BCUT2D eigenvalue weighted by Gasteiger charge is -2.21. The molecule has 160 valence electrons. The van der Waals surface area contributed by atoms with Gasteiger partial charge in [-0.15, -0.1) is 0 Å². The molecule has 1 aromatic heterocycles. The first-order chi connectivity index (χ1) is 15.3. The van der Waals surface area contributed by atoms with Crippen molar-refractivity contribution in [3.8, 4) is 11.3 Å². The fourth-order valence-corrected chi connectivity index (χ4v) is 3.73. The summed E-state index contributed by atoms with van der Waals surface area (Å²) < 4.78 is 6.44. The van der Waals surface area contributed by atoms with Crippen LogP contribution in [0.25, 0.3) is 23.0 Å². The van der Waals surface area contributed by atoms with Gasteiger partial charge in [-0.2, -0.15) is 0 Å². The zero-order valence-corrected chi connectivity index (χ0v) is 19.1. The average molecular weight is 421 g/mol. The fraction of sp³-hybridized carbons (Fsp3) is 0.167. The van der Waals surface area contributed by atoms with Crippen molar-refractivity contribution in [3.63, 3.8) is 0 Å². The van der Waals surface area contributed by atoms with Crippen molar-refractivity contribution in [3.05, 3.63) is 119 Å². The Balaban J connectivity index is 1.89. The van der Waals surface area contributed by atoms with Crippen LogP contribution in [0.3, 0.4) is 0 Å². The van der Waals surface area contributed by atoms with Gasteiger partial charge >= 0.3 is 0 Å². The van der Waals surface area contributed by atoms with E-state index in [0.29, 0.717) is 16.9 Å². The van der Waals surface area contributed by atoms with Crippen LogP contribution < -0.4 is 0 Å². The molecule has 0 aliphatic carbocycles. The number of rotatable bonds is 5. The quantitative estimate of drug-likeness (QED) is 0.306. The van der Waals surface area contributed by atoms with E-state index in [2.05, 4.69) is 58.0 Å². The first kappa shape index (κ1) is 21.6. The van der Waals surface area contributed by atoms with Crippen molar-refractivity contribution in [2.45, 2.75) is 27.7 Å². The Morgan fingerprint density at radius 2 is 1.41 bits per heavy atom. The number of carbonyl (C=O) groups is 1. The summed E-state index contributed by atoms with van der Waals surface area (Å²) in [7, 11) is 0. The van der Waals surface area contributed by atoms with Gasteiger partial charge in [-0.05, 0) is 30.0 Å². The first-order valence-corrected chi connectivity index (χ1v) is 10.9. The number of hydrogen-bond acceptors (Lipinski definition) is 2. The molecule has 0 unspecified atom stereocenters. The van der Waals surface area contributed by atoms with Gasteiger partial charge in [0.05, 0.1) is 5.56 Å². The Morgan fingerprint density at radius 3 is 2.00 bits per heavy atom. The SMILES string of the molecule is Cc1ccc(/C=C(\c2cc(C(=O)c3ccccc3)c(-c3ccccc3)o2)C(C)(C)C)cc1. The van der Waals surface area contributed by atoms with Crippen molar-refractivity contribution in [1.82, 2.24) is 0 Å². The number of aryl methyl sites for hydroxylation is 1. The van der Waals surface area contributed by atoms with Gasteiger partial charge in [0.15, 0.2) is 5.78 Å². The van der Waals surface area contributed by atoms with Crippen molar-refractivity contribution >= 4 is 17.4 Å². The zero-order chi connectivity index (χ0) is 22.7. The lowest BCUT2D eigenvalue weighted by Crippen LogP contribution is -2.08. The Hall–Kier alpha value is -3.65. The van der Waals surface area contributed by atoms with Crippen LogP contribution in [-0.2, 0) is 0 Å². The summed E-state index contributed by atoms with van der Waals surface area (Å²) in [4.78, 5) is 13.4. The molecule has 0 aliphatic rings. The Bertz CT molecular complexity index is 1240. The van der Waals surface area contributed by atoms with Gasteiger partial charge in [0.2, 0.25) is 0 Å². The second kappa shape index (κ2) is 8.84. The highest BCUT2D eigenvalue weighted by Gasteiger charge is 2.27. The smallest absolute Gasteiger partial charge is 0.196 e. The van der Waals surface area contributed by atoms with Crippen LogP contribution in [0.15, 0.2) is 95.4 Å². The standard InChI is InChI=1S/C30H28O2/c1-21-15-17-22(18-16-21)19-26(30(2,3)4)27-20-25(28(31)23-11-7-5-8-12-23)29(32-27)24-13-9-6-10-14-24/h5-20H,1-4H3/b26-19+. The van der Waals surface area contributed by atoms with Crippen LogP contribution in [0.2, 0.25) is 0 Å². The van der Waals surface area contributed by atoms with E-state index in [1.807, 2.05) is 66.7 Å². The third-order valence-electron chi connectivity index (χ3n) is 5.51. The van der Waals surface area contributed by atoms with Crippen molar-refractivity contribution < 1.29 is 9.21 Å². The van der Waals surface area contributed by atoms with E-state index in [1.54, 1.807) is 0 Å². The highest BCUT2D eigenvalue weighted by atomic mass is 16.3. The van der Waals surface area contributed by atoms with Crippen LogP contribution in [-0.4, -0.2) is 5.78 Å². The molecule has 0 atom stereocenters. The number of allylic oxidation sites excluding steroid dienone is 1. The zero-order valence-electron chi connectivity index (χ0n) is 19.1. The molecule has 0 aliphatic heterocycles. The van der Waals surface area contributed by atoms with E-state index >= 15 is 0 Å². The predicted octanol–water partition coefficient (Wildman–Crippen LogP) is 8.07. The van der Waals surface area contributed by atoms with Gasteiger partial charge in [0.1, 0.15) is 11.5 Å². The molecule has 0 spiro atoms. The summed E-state index contributed by atoms with van der Waals surface area (Å²) in [5.41, 5.74) is 5.32. The number of carbonyl (C=O) groups excluding carboxylic acids is 1. The van der Waals surface area contributed by atoms with Gasteiger partial charge in [0.25, 0.3) is 0 Å². The summed E-state index contributed by atoms with van der Waals surface area (Å²) in [5.74, 6) is 1.28. The number of furan rings is 1. The predicted molar refractivity (Wildman–Crippen MR) is 133 cm³/mol. The van der Waals surface area contributed by atoms with Crippen LogP contribution in [0.5, 0.6) is 0 Å². The van der Waals surface area contributed by atoms with Crippen LogP contribution in [0, 0.1) is 12.3 Å². The minimum Gasteiger partial charge on any atom is -0.456 e. The van der Waals surface area contributed by atoms with Gasteiger partial charge in [-0.3, -0.25) is 4.79 Å². The summed E-state index contributed by atoms with van der Waals surface area (Å²) in [6.07, 6.45) is 2.16. The molecule has 0 amide bonds. The summed E-state index contributed by atoms with van der Waals surface area (Å²) in [5, 5.41) is 0. The molecule has 2 heteroatoms. The second-order valence-electron chi connectivity index (χ2n) is 9.13. The monoisotopic (exact) mass is 420 g/mol. The van der Waals surface area contributed by atoms with Gasteiger partial charge < -0.3 is 4.42 Å². The van der Waals surface area contributed by atoms with Crippen LogP contribution in [0.4, 0.5) is 0 Å². The Kier molecular flexibility index (Phi) is 5.96. The highest BCUT2D eigenvalue weighted by Crippen LogP contribution is 2.40. The maximum absolute atomic E-state index is 13.4. The molecule has 0 saturated heterocycles. The molecule has 0 bridgehead atoms. The summed E-state index contributed by atoms with van der Waals surface area (Å²) >= 11 is 0. The van der Waals surface area contributed by atoms with E-state index in [1.165, 1.54) is 5.56 Å². The molecule has 0 saturated carbocycles. The molecule has 4 rings (SSSR count). The Labute approximate surface area is 190 Å². The van der Waals surface area contributed by atoms with Crippen molar-refractivity contribution in [1.29, 1.82) is 0 Å². The van der Waals surface area contributed by atoms with E-state index in [-0.39, 0.29) is 11.2 Å². The molecular weight excluding hydrogens is 392 g/mol. The van der Waals surface area contributed by atoms with Crippen LogP contribution in [0.1, 0.15) is 53.6 Å². The molecular formula is C30H28O2. The lowest BCUT2D eigenvalue weighted by atomic mass is 9.83. The molecule has 32 heavy (non-hydrogen) atoms. The highest BCUT2D eigenvalue weighted by molar-refractivity contribution is 6.12. The number of benzene rings is 3. The number of hydrogen-bond donors (Lipinski definition) is 0. The fourth-order valence-electron chi connectivity index (χ4n) is 3.73. The van der Waals surface area contributed by atoms with E-state index < -0.39 is 0 Å². The Morgan fingerprint density at radius 1 is 0.812 bits per heavy atom. The lowest BCUT2D eigenvalue weighted by molar-refractivity contribution is 0.103. The third-order valence-corrected chi connectivity index (χ3v) is 5.51. The minimum absolute atomic E-state index is 0.0388. The molecule has 0 radical (unpaired) electrons. The van der Waals surface area contributed by atoms with Crippen LogP contribution >= 0.6 is 0 Å². The average Bonchev–Trinajstić information content (AvgIpc) is 3.23. The molecule has 3 aromatic carbocycles. The summed E-state index contributed by atoms with van der Waals surface area (Å²) in [6.45, 7) is 8.57. The topological polar surface area (TPSA) is 30.2 Å². The molecule has 4 aromatic rings. The molecule has 0 N–H and O–H groups in total. The maximum atomic E-state index is 13.4. The van der Waals surface area contributed by atoms with E-state index in [0.717, 1.165) is 22.5 Å². The van der Waals surface area contributed by atoms with Crippen molar-refractivity contribution in [2.24, 2.45) is 5.41 Å². The minimum atomic E-state index is -0.177. The van der Waals surface area contributed by atoms with Gasteiger partial charge in [-0.25, -0.2) is 0 Å². The third kappa shape index (κ3) is 4.65. The molecule has 2 nitrogen and oxygen atoms in total. The van der Waals surface area contributed by atoms with Crippen molar-refractivity contribution in [2.75, 3.05) is 0 Å². The van der Waals surface area contributed by atoms with Gasteiger partial charge in [0, 0.05) is 16.7 Å². The van der Waals surface area contributed by atoms with E-state index in [4.69, 9.17) is 4.42 Å². The summed E-state index contributed by atoms with van der Waals surface area (Å²) in [6, 6.07) is 29.5. The molecule has 1 heterocycles. The van der Waals surface area contributed by atoms with E-state index in [9.17, 15) is 4.79 Å². The van der Waals surface area contributed by atoms with Gasteiger partial charge in [-0.1, -0.05) is 111 Å². The normalized spacial score (nSPS) is 12.1. The first-order valence-electron chi connectivity index (χ1n) is 10.9.